The Hall–Kier alpha value is -1.13. The fraction of sp³-hybridized carbons (Fsp3) is 0.333. The highest BCUT2D eigenvalue weighted by atomic mass is 35.5. The van der Waals surface area contributed by atoms with Gasteiger partial charge >= 0.3 is 0 Å². The summed E-state index contributed by atoms with van der Waals surface area (Å²) in [5.41, 5.74) is 0.248. The van der Waals surface area contributed by atoms with E-state index in [-0.39, 0.29) is 29.4 Å². The van der Waals surface area contributed by atoms with Crippen LogP contribution in [0.2, 0.25) is 5.15 Å². The molecule has 5 heteroatoms. The van der Waals surface area contributed by atoms with E-state index in [1.165, 1.54) is 0 Å². The van der Waals surface area contributed by atoms with Crippen molar-refractivity contribution in [3.8, 4) is 0 Å². The molecule has 0 bridgehead atoms. The summed E-state index contributed by atoms with van der Waals surface area (Å²) in [6, 6.07) is 4.51. The monoisotopic (exact) mass is 214 g/mol. The van der Waals surface area contributed by atoms with E-state index in [1.54, 1.807) is 25.1 Å². The maximum Gasteiger partial charge on any atom is 0.270 e. The number of hydrogen-bond donors (Lipinski definition) is 2. The van der Waals surface area contributed by atoms with Gasteiger partial charge in [0.2, 0.25) is 0 Å². The predicted molar refractivity (Wildman–Crippen MR) is 53.3 cm³/mol. The third-order valence-corrected chi connectivity index (χ3v) is 1.81. The van der Waals surface area contributed by atoms with Gasteiger partial charge in [-0.25, -0.2) is 4.98 Å². The lowest BCUT2D eigenvalue weighted by molar-refractivity contribution is 0.0917. The number of carbonyl (C=O) groups excluding carboxylic acids is 1. The summed E-state index contributed by atoms with van der Waals surface area (Å²) in [7, 11) is 0. The van der Waals surface area contributed by atoms with E-state index in [0.29, 0.717) is 0 Å². The molecule has 14 heavy (non-hydrogen) atoms. The standard InChI is InChI=1S/C9H11ClN2O2/c1-6(5-13)11-9(14)7-3-2-4-8(10)12-7/h2-4,6,13H,5H2,1H3,(H,11,14)/t6-/m1/s1. The van der Waals surface area contributed by atoms with Crippen molar-refractivity contribution >= 4 is 17.5 Å². The van der Waals surface area contributed by atoms with Gasteiger partial charge in [-0.2, -0.15) is 0 Å². The normalized spacial score (nSPS) is 12.2. The second kappa shape index (κ2) is 4.93. The molecule has 0 aliphatic heterocycles. The number of halogens is 1. The lowest BCUT2D eigenvalue weighted by atomic mass is 10.3. The third-order valence-electron chi connectivity index (χ3n) is 1.60. The van der Waals surface area contributed by atoms with Crippen molar-refractivity contribution in [3.63, 3.8) is 0 Å². The van der Waals surface area contributed by atoms with Gasteiger partial charge in [0.05, 0.1) is 6.61 Å². The second-order valence-electron chi connectivity index (χ2n) is 2.90. The number of rotatable bonds is 3. The molecule has 76 valence electrons. The summed E-state index contributed by atoms with van der Waals surface area (Å²) < 4.78 is 0. The SMILES string of the molecule is C[C@H](CO)NC(=O)c1cccc(Cl)n1. The van der Waals surface area contributed by atoms with E-state index in [0.717, 1.165) is 0 Å². The van der Waals surface area contributed by atoms with Crippen molar-refractivity contribution in [1.82, 2.24) is 10.3 Å². The number of nitrogens with one attached hydrogen (secondary N) is 1. The fourth-order valence-electron chi connectivity index (χ4n) is 0.878. The Morgan fingerprint density at radius 3 is 3.00 bits per heavy atom. The first-order chi connectivity index (χ1) is 6.63. The first-order valence-electron chi connectivity index (χ1n) is 4.17. The number of carbonyl (C=O) groups is 1. The first kappa shape index (κ1) is 10.9. The van der Waals surface area contributed by atoms with Gasteiger partial charge in [-0.3, -0.25) is 4.79 Å². The Kier molecular flexibility index (Phi) is 3.85. The smallest absolute Gasteiger partial charge is 0.270 e. The molecule has 2 N–H and O–H groups in total. The highest BCUT2D eigenvalue weighted by Gasteiger charge is 2.09. The summed E-state index contributed by atoms with van der Waals surface area (Å²) in [5.74, 6) is -0.339. The number of hydrogen-bond acceptors (Lipinski definition) is 3. The van der Waals surface area contributed by atoms with Crippen LogP contribution in [0.5, 0.6) is 0 Å². The van der Waals surface area contributed by atoms with E-state index in [4.69, 9.17) is 16.7 Å². The van der Waals surface area contributed by atoms with Crippen LogP contribution in [0.4, 0.5) is 0 Å². The number of aliphatic hydroxyl groups excluding tert-OH is 1. The number of aromatic nitrogens is 1. The molecule has 0 fully saturated rings. The van der Waals surface area contributed by atoms with Gasteiger partial charge in [0.1, 0.15) is 10.8 Å². The maximum absolute atomic E-state index is 11.4. The molecule has 1 rings (SSSR count). The zero-order valence-electron chi connectivity index (χ0n) is 7.70. The Balaban J connectivity index is 2.70. The number of pyridine rings is 1. The van der Waals surface area contributed by atoms with Gasteiger partial charge in [0, 0.05) is 6.04 Å². The Morgan fingerprint density at radius 2 is 2.43 bits per heavy atom. The van der Waals surface area contributed by atoms with Crippen molar-refractivity contribution in [2.75, 3.05) is 6.61 Å². The van der Waals surface area contributed by atoms with E-state index in [1.807, 2.05) is 0 Å². The lowest BCUT2D eigenvalue weighted by Crippen LogP contribution is -2.35. The summed E-state index contributed by atoms with van der Waals surface area (Å²) in [6.07, 6.45) is 0. The van der Waals surface area contributed by atoms with E-state index in [2.05, 4.69) is 10.3 Å². The molecule has 0 aliphatic rings. The summed E-state index contributed by atoms with van der Waals surface area (Å²) in [5, 5.41) is 11.6. The van der Waals surface area contributed by atoms with E-state index in [9.17, 15) is 4.79 Å². The van der Waals surface area contributed by atoms with Crippen LogP contribution in [0.25, 0.3) is 0 Å². The van der Waals surface area contributed by atoms with Gasteiger partial charge in [0.15, 0.2) is 0 Å². The average molecular weight is 215 g/mol. The maximum atomic E-state index is 11.4. The van der Waals surface area contributed by atoms with Crippen LogP contribution in [0, 0.1) is 0 Å². The van der Waals surface area contributed by atoms with Gasteiger partial charge < -0.3 is 10.4 Å². The molecule has 1 atom stereocenters. The molecular weight excluding hydrogens is 204 g/mol. The second-order valence-corrected chi connectivity index (χ2v) is 3.29. The minimum atomic E-state index is -0.339. The highest BCUT2D eigenvalue weighted by molar-refractivity contribution is 6.29. The molecule has 0 aliphatic carbocycles. The zero-order chi connectivity index (χ0) is 10.6. The van der Waals surface area contributed by atoms with Crippen LogP contribution in [0.15, 0.2) is 18.2 Å². The quantitative estimate of drug-likeness (QED) is 0.734. The molecule has 0 spiro atoms. The summed E-state index contributed by atoms with van der Waals surface area (Å²) >= 11 is 5.62. The highest BCUT2D eigenvalue weighted by Crippen LogP contribution is 2.04. The summed E-state index contributed by atoms with van der Waals surface area (Å²) in [6.45, 7) is 1.59. The Bertz CT molecular complexity index is 330. The molecule has 1 heterocycles. The zero-order valence-corrected chi connectivity index (χ0v) is 8.45. The van der Waals surface area contributed by atoms with E-state index < -0.39 is 0 Å². The minimum absolute atomic E-state index is 0.105. The molecule has 0 radical (unpaired) electrons. The van der Waals surface area contributed by atoms with Gasteiger partial charge in [0.25, 0.3) is 5.91 Å². The van der Waals surface area contributed by atoms with Gasteiger partial charge in [-0.05, 0) is 19.1 Å². The molecule has 0 aromatic carbocycles. The van der Waals surface area contributed by atoms with Crippen molar-refractivity contribution in [3.05, 3.63) is 29.0 Å². The number of nitrogens with zero attached hydrogens (tertiary/aromatic N) is 1. The molecule has 0 saturated heterocycles. The Morgan fingerprint density at radius 1 is 1.71 bits per heavy atom. The Labute approximate surface area is 86.9 Å². The average Bonchev–Trinajstić information content (AvgIpc) is 2.17. The molecule has 0 unspecified atom stereocenters. The van der Waals surface area contributed by atoms with Crippen LogP contribution in [-0.2, 0) is 0 Å². The number of aliphatic hydroxyl groups is 1. The molecule has 4 nitrogen and oxygen atoms in total. The fourth-order valence-corrected chi connectivity index (χ4v) is 1.04. The van der Waals surface area contributed by atoms with Crippen molar-refractivity contribution in [2.24, 2.45) is 0 Å². The minimum Gasteiger partial charge on any atom is -0.394 e. The third kappa shape index (κ3) is 2.97. The van der Waals surface area contributed by atoms with Crippen LogP contribution >= 0.6 is 11.6 Å². The number of amides is 1. The molecule has 0 saturated carbocycles. The van der Waals surface area contributed by atoms with Crippen LogP contribution < -0.4 is 5.32 Å². The summed E-state index contributed by atoms with van der Waals surface area (Å²) in [4.78, 5) is 15.3. The predicted octanol–water partition coefficient (Wildman–Crippen LogP) is 0.846. The van der Waals surface area contributed by atoms with Crippen molar-refractivity contribution in [1.29, 1.82) is 0 Å². The van der Waals surface area contributed by atoms with Crippen LogP contribution in [0.1, 0.15) is 17.4 Å². The largest absolute Gasteiger partial charge is 0.394 e. The first-order valence-corrected chi connectivity index (χ1v) is 4.55. The molecule has 1 aromatic heterocycles. The lowest BCUT2D eigenvalue weighted by Gasteiger charge is -2.09. The van der Waals surface area contributed by atoms with E-state index >= 15 is 0 Å². The van der Waals surface area contributed by atoms with Crippen molar-refractivity contribution in [2.45, 2.75) is 13.0 Å². The van der Waals surface area contributed by atoms with Crippen LogP contribution in [-0.4, -0.2) is 28.6 Å². The van der Waals surface area contributed by atoms with Crippen molar-refractivity contribution < 1.29 is 9.90 Å². The van der Waals surface area contributed by atoms with Gasteiger partial charge in [-0.15, -0.1) is 0 Å². The molecule has 1 aromatic rings. The molecular formula is C9H11ClN2O2. The molecule has 1 amide bonds. The topological polar surface area (TPSA) is 62.2 Å². The van der Waals surface area contributed by atoms with Crippen LogP contribution in [0.3, 0.4) is 0 Å². The van der Waals surface area contributed by atoms with Gasteiger partial charge in [-0.1, -0.05) is 17.7 Å².